The van der Waals surface area contributed by atoms with Crippen LogP contribution in [-0.4, -0.2) is 19.3 Å². The maximum absolute atomic E-state index is 5.92. The Bertz CT molecular complexity index is 391. The Hall–Kier alpha value is -0.900. The molecule has 1 aromatic rings. The van der Waals surface area contributed by atoms with Gasteiger partial charge in [-0.1, -0.05) is 51.1 Å². The summed E-state index contributed by atoms with van der Waals surface area (Å²) in [5, 5.41) is 0. The van der Waals surface area contributed by atoms with Crippen molar-refractivity contribution in [2.24, 2.45) is 11.3 Å². The summed E-state index contributed by atoms with van der Waals surface area (Å²) in [6, 6.07) is 11.0. The second-order valence-electron chi connectivity index (χ2n) is 6.60. The predicted octanol–water partition coefficient (Wildman–Crippen LogP) is 2.61. The fourth-order valence-electron chi connectivity index (χ4n) is 3.49. The average molecular weight is 262 g/mol. The first-order valence-electron chi connectivity index (χ1n) is 7.10. The van der Waals surface area contributed by atoms with E-state index in [0.29, 0.717) is 0 Å². The van der Waals surface area contributed by atoms with Crippen molar-refractivity contribution in [1.82, 2.24) is 5.43 Å². The third-order valence-electron chi connectivity index (χ3n) is 4.32. The topological polar surface area (TPSA) is 47.3 Å². The van der Waals surface area contributed by atoms with Gasteiger partial charge in [0.1, 0.15) is 0 Å². The first-order chi connectivity index (χ1) is 9.00. The molecule has 1 fully saturated rings. The van der Waals surface area contributed by atoms with E-state index in [4.69, 9.17) is 10.6 Å². The van der Waals surface area contributed by atoms with E-state index in [1.165, 1.54) is 5.56 Å². The lowest BCUT2D eigenvalue weighted by atomic mass is 9.62. The molecule has 19 heavy (non-hydrogen) atoms. The van der Waals surface area contributed by atoms with Crippen LogP contribution in [0.1, 0.15) is 39.2 Å². The summed E-state index contributed by atoms with van der Waals surface area (Å²) < 4.78 is 5.58. The van der Waals surface area contributed by atoms with Gasteiger partial charge >= 0.3 is 0 Å². The molecule has 1 atom stereocenters. The molecule has 0 aromatic heterocycles. The van der Waals surface area contributed by atoms with Gasteiger partial charge in [-0.05, 0) is 23.8 Å². The molecule has 1 aromatic carbocycles. The lowest BCUT2D eigenvalue weighted by molar-refractivity contribution is 0.0129. The Morgan fingerprint density at radius 3 is 2.21 bits per heavy atom. The van der Waals surface area contributed by atoms with Crippen molar-refractivity contribution in [3.8, 4) is 0 Å². The Morgan fingerprint density at radius 2 is 1.74 bits per heavy atom. The molecule has 106 valence electrons. The zero-order valence-corrected chi connectivity index (χ0v) is 12.3. The zero-order chi connectivity index (χ0) is 13.9. The highest BCUT2D eigenvalue weighted by atomic mass is 16.5. The van der Waals surface area contributed by atoms with E-state index in [1.54, 1.807) is 0 Å². The van der Waals surface area contributed by atoms with Crippen molar-refractivity contribution in [2.45, 2.75) is 45.1 Å². The smallest absolute Gasteiger partial charge is 0.0475 e. The van der Waals surface area contributed by atoms with Gasteiger partial charge in [-0.3, -0.25) is 11.3 Å². The molecule has 1 saturated heterocycles. The quantitative estimate of drug-likeness (QED) is 0.650. The minimum absolute atomic E-state index is 0.0620. The summed E-state index contributed by atoms with van der Waals surface area (Å²) in [5.41, 5.74) is 4.63. The molecule has 1 aliphatic heterocycles. The van der Waals surface area contributed by atoms with Crippen LogP contribution in [0.2, 0.25) is 0 Å². The monoisotopic (exact) mass is 262 g/mol. The van der Waals surface area contributed by atoms with Crippen LogP contribution in [0.15, 0.2) is 30.3 Å². The van der Waals surface area contributed by atoms with Gasteiger partial charge in [0.05, 0.1) is 0 Å². The normalized spacial score (nSPS) is 21.1. The summed E-state index contributed by atoms with van der Waals surface area (Å²) in [4.78, 5) is 0. The van der Waals surface area contributed by atoms with Gasteiger partial charge < -0.3 is 4.74 Å². The van der Waals surface area contributed by atoms with Crippen LogP contribution in [0.5, 0.6) is 0 Å². The van der Waals surface area contributed by atoms with Crippen molar-refractivity contribution in [3.05, 3.63) is 35.9 Å². The third kappa shape index (κ3) is 2.83. The van der Waals surface area contributed by atoms with Crippen molar-refractivity contribution < 1.29 is 4.74 Å². The van der Waals surface area contributed by atoms with E-state index < -0.39 is 0 Å². The first kappa shape index (κ1) is 14.5. The Kier molecular flexibility index (Phi) is 4.29. The Labute approximate surface area is 116 Å². The molecule has 0 spiro atoms. The number of hydrogen-bond acceptors (Lipinski definition) is 3. The van der Waals surface area contributed by atoms with Gasteiger partial charge in [0.25, 0.3) is 0 Å². The van der Waals surface area contributed by atoms with Crippen molar-refractivity contribution >= 4 is 0 Å². The highest BCUT2D eigenvalue weighted by molar-refractivity contribution is 5.29. The van der Waals surface area contributed by atoms with E-state index in [-0.39, 0.29) is 16.9 Å². The average Bonchev–Trinajstić information content (AvgIpc) is 2.40. The number of ether oxygens (including phenoxy) is 1. The molecule has 0 bridgehead atoms. The number of hydrazine groups is 1. The second-order valence-corrected chi connectivity index (χ2v) is 6.60. The van der Waals surface area contributed by atoms with Crippen LogP contribution in [0.3, 0.4) is 0 Å². The van der Waals surface area contributed by atoms with Crippen LogP contribution < -0.4 is 11.3 Å². The summed E-state index contributed by atoms with van der Waals surface area (Å²) >= 11 is 0. The van der Waals surface area contributed by atoms with Crippen LogP contribution >= 0.6 is 0 Å². The van der Waals surface area contributed by atoms with Gasteiger partial charge in [-0.2, -0.15) is 0 Å². The number of rotatable bonds is 3. The second kappa shape index (κ2) is 5.61. The molecule has 1 unspecified atom stereocenters. The molecule has 0 radical (unpaired) electrons. The number of nitrogens with two attached hydrogens (primary N) is 1. The minimum atomic E-state index is 0.0620. The Balaban J connectivity index is 2.45. The number of benzene rings is 1. The van der Waals surface area contributed by atoms with Crippen LogP contribution in [0.4, 0.5) is 0 Å². The molecule has 0 aliphatic carbocycles. The molecular formula is C16H26N2O. The van der Waals surface area contributed by atoms with E-state index in [2.05, 4.69) is 56.5 Å². The first-order valence-corrected chi connectivity index (χ1v) is 7.10. The zero-order valence-electron chi connectivity index (χ0n) is 12.3. The van der Waals surface area contributed by atoms with Crippen LogP contribution in [-0.2, 0) is 10.2 Å². The van der Waals surface area contributed by atoms with Gasteiger partial charge in [-0.25, -0.2) is 0 Å². The van der Waals surface area contributed by atoms with E-state index >= 15 is 0 Å². The lowest BCUT2D eigenvalue weighted by Gasteiger charge is -2.49. The molecule has 3 nitrogen and oxygen atoms in total. The minimum Gasteiger partial charge on any atom is -0.381 e. The van der Waals surface area contributed by atoms with Gasteiger partial charge in [-0.15, -0.1) is 0 Å². The van der Waals surface area contributed by atoms with Crippen molar-refractivity contribution in [3.63, 3.8) is 0 Å². The molecule has 0 amide bonds. The molecule has 3 N–H and O–H groups in total. The molecule has 1 aliphatic rings. The van der Waals surface area contributed by atoms with Gasteiger partial charge in [0.2, 0.25) is 0 Å². The summed E-state index contributed by atoms with van der Waals surface area (Å²) in [6.45, 7) is 8.36. The van der Waals surface area contributed by atoms with E-state index in [0.717, 1.165) is 26.1 Å². The van der Waals surface area contributed by atoms with Crippen LogP contribution in [0.25, 0.3) is 0 Å². The SMILES string of the molecule is CC(C)(C)C(NN)C1(c2ccccc2)CCOCC1. The highest BCUT2D eigenvalue weighted by Crippen LogP contribution is 2.43. The van der Waals surface area contributed by atoms with Gasteiger partial charge in [0.15, 0.2) is 0 Å². The fourth-order valence-corrected chi connectivity index (χ4v) is 3.49. The van der Waals surface area contributed by atoms with Crippen molar-refractivity contribution in [2.75, 3.05) is 13.2 Å². The van der Waals surface area contributed by atoms with Crippen LogP contribution in [0, 0.1) is 5.41 Å². The van der Waals surface area contributed by atoms with E-state index in [1.807, 2.05) is 0 Å². The highest BCUT2D eigenvalue weighted by Gasteiger charge is 2.46. The van der Waals surface area contributed by atoms with E-state index in [9.17, 15) is 0 Å². The third-order valence-corrected chi connectivity index (χ3v) is 4.32. The predicted molar refractivity (Wildman–Crippen MR) is 78.7 cm³/mol. The largest absolute Gasteiger partial charge is 0.381 e. The maximum Gasteiger partial charge on any atom is 0.0475 e. The molecule has 2 rings (SSSR count). The summed E-state index contributed by atoms with van der Waals surface area (Å²) in [7, 11) is 0. The number of nitrogens with one attached hydrogen (secondary N) is 1. The Morgan fingerprint density at radius 1 is 1.16 bits per heavy atom. The maximum atomic E-state index is 5.92. The molecule has 1 heterocycles. The molecule has 0 saturated carbocycles. The number of hydrogen-bond donors (Lipinski definition) is 2. The summed E-state index contributed by atoms with van der Waals surface area (Å²) in [6.07, 6.45) is 2.03. The fraction of sp³-hybridized carbons (Fsp3) is 0.625. The summed E-state index contributed by atoms with van der Waals surface area (Å²) in [5.74, 6) is 5.92. The molecular weight excluding hydrogens is 236 g/mol. The standard InChI is InChI=1S/C16H26N2O/c1-15(2,3)14(18-17)16(9-11-19-12-10-16)13-7-5-4-6-8-13/h4-8,14,18H,9-12,17H2,1-3H3. The van der Waals surface area contributed by atoms with Gasteiger partial charge in [0, 0.05) is 24.7 Å². The lowest BCUT2D eigenvalue weighted by Crippen LogP contribution is -2.59. The van der Waals surface area contributed by atoms with Crippen molar-refractivity contribution in [1.29, 1.82) is 0 Å². The molecule has 3 heteroatoms.